The average Bonchev–Trinajstić information content (AvgIpc) is 2.34. The van der Waals surface area contributed by atoms with Crippen LogP contribution in [0.15, 0.2) is 18.2 Å². The van der Waals surface area contributed by atoms with Gasteiger partial charge in [-0.1, -0.05) is 6.07 Å². The summed E-state index contributed by atoms with van der Waals surface area (Å²) in [4.78, 5) is 21.9. The van der Waals surface area contributed by atoms with Gasteiger partial charge in [-0.25, -0.2) is 13.6 Å². The second-order valence-corrected chi connectivity index (χ2v) is 4.39. The molecule has 0 saturated heterocycles. The lowest BCUT2D eigenvalue weighted by Gasteiger charge is -2.14. The molecule has 1 aromatic rings. The molecule has 0 aliphatic carbocycles. The van der Waals surface area contributed by atoms with Gasteiger partial charge in [-0.3, -0.25) is 4.79 Å². The van der Waals surface area contributed by atoms with Crippen molar-refractivity contribution >= 4 is 17.7 Å². The van der Waals surface area contributed by atoms with Gasteiger partial charge in [0.1, 0.15) is 0 Å². The highest BCUT2D eigenvalue weighted by molar-refractivity contribution is 5.89. The molecule has 7 heteroatoms. The number of rotatable bonds is 6. The monoisotopic (exact) mass is 286 g/mol. The Hall–Kier alpha value is -2.18. The fraction of sp³-hybridized carbons (Fsp3) is 0.385. The molecule has 0 aromatic heterocycles. The van der Waals surface area contributed by atoms with E-state index in [1.54, 1.807) is 6.92 Å². The lowest BCUT2D eigenvalue weighted by Crippen LogP contribution is -2.36. The Morgan fingerprint density at radius 1 is 1.35 bits per heavy atom. The van der Waals surface area contributed by atoms with Gasteiger partial charge in [0.25, 0.3) is 0 Å². The standard InChI is InChI=1S/C13H16F2N2O3/c1-8(4-2-7-11(18)19)16-13(20)17-10-6-3-5-9(14)12(10)15/h3,5-6,8H,2,4,7H2,1H3,(H,18,19)(H2,16,17,20). The summed E-state index contributed by atoms with van der Waals surface area (Å²) < 4.78 is 26.2. The number of halogens is 2. The van der Waals surface area contributed by atoms with Gasteiger partial charge in [-0.05, 0) is 31.9 Å². The fourth-order valence-electron chi connectivity index (χ4n) is 1.61. The molecule has 1 unspecified atom stereocenters. The Morgan fingerprint density at radius 2 is 2.05 bits per heavy atom. The Labute approximate surface area is 115 Å². The van der Waals surface area contributed by atoms with Crippen LogP contribution in [0.25, 0.3) is 0 Å². The summed E-state index contributed by atoms with van der Waals surface area (Å²) >= 11 is 0. The van der Waals surface area contributed by atoms with E-state index in [4.69, 9.17) is 5.11 Å². The molecule has 20 heavy (non-hydrogen) atoms. The number of carbonyl (C=O) groups is 2. The summed E-state index contributed by atoms with van der Waals surface area (Å²) in [5, 5.41) is 13.2. The van der Waals surface area contributed by atoms with Gasteiger partial charge < -0.3 is 15.7 Å². The minimum Gasteiger partial charge on any atom is -0.481 e. The maximum Gasteiger partial charge on any atom is 0.319 e. The predicted molar refractivity (Wildman–Crippen MR) is 69.5 cm³/mol. The van der Waals surface area contributed by atoms with Crippen molar-refractivity contribution in [1.29, 1.82) is 0 Å². The minimum atomic E-state index is -1.12. The number of nitrogens with one attached hydrogen (secondary N) is 2. The number of benzene rings is 1. The van der Waals surface area contributed by atoms with E-state index in [1.807, 2.05) is 0 Å². The number of carbonyl (C=O) groups excluding carboxylic acids is 1. The molecular weight excluding hydrogens is 270 g/mol. The number of hydrogen-bond donors (Lipinski definition) is 3. The van der Waals surface area contributed by atoms with E-state index in [0.29, 0.717) is 12.8 Å². The number of hydrogen-bond acceptors (Lipinski definition) is 2. The van der Waals surface area contributed by atoms with Crippen LogP contribution in [0.1, 0.15) is 26.2 Å². The number of aliphatic carboxylic acids is 1. The van der Waals surface area contributed by atoms with Crippen molar-refractivity contribution in [3.05, 3.63) is 29.8 Å². The third-order valence-corrected chi connectivity index (χ3v) is 2.61. The van der Waals surface area contributed by atoms with E-state index in [0.717, 1.165) is 6.07 Å². The molecular formula is C13H16F2N2O3. The van der Waals surface area contributed by atoms with Gasteiger partial charge in [0, 0.05) is 12.5 Å². The molecule has 3 N–H and O–H groups in total. The Bertz CT molecular complexity index is 495. The van der Waals surface area contributed by atoms with Crippen LogP contribution in [0.5, 0.6) is 0 Å². The van der Waals surface area contributed by atoms with Crippen molar-refractivity contribution in [2.24, 2.45) is 0 Å². The molecule has 0 aliphatic heterocycles. The summed E-state index contributed by atoms with van der Waals surface area (Å²) in [7, 11) is 0. The van der Waals surface area contributed by atoms with Crippen LogP contribution in [0.2, 0.25) is 0 Å². The van der Waals surface area contributed by atoms with Gasteiger partial charge in [-0.15, -0.1) is 0 Å². The smallest absolute Gasteiger partial charge is 0.319 e. The molecule has 0 saturated carbocycles. The first-order chi connectivity index (χ1) is 9.40. The van der Waals surface area contributed by atoms with Crippen LogP contribution in [0.4, 0.5) is 19.3 Å². The number of carboxylic acid groups (broad SMARTS) is 1. The quantitative estimate of drug-likeness (QED) is 0.752. The SMILES string of the molecule is CC(CCCC(=O)O)NC(=O)Nc1cccc(F)c1F. The van der Waals surface area contributed by atoms with Gasteiger partial charge in [0.2, 0.25) is 0 Å². The zero-order valence-electron chi connectivity index (χ0n) is 11.0. The summed E-state index contributed by atoms with van der Waals surface area (Å²) in [6, 6.07) is 2.54. The van der Waals surface area contributed by atoms with Crippen LogP contribution >= 0.6 is 0 Å². The van der Waals surface area contributed by atoms with Gasteiger partial charge in [0.15, 0.2) is 11.6 Å². The molecule has 5 nitrogen and oxygen atoms in total. The highest BCUT2D eigenvalue weighted by Gasteiger charge is 2.12. The maximum atomic E-state index is 13.3. The number of urea groups is 1. The van der Waals surface area contributed by atoms with Crippen LogP contribution in [-0.4, -0.2) is 23.1 Å². The molecule has 0 bridgehead atoms. The van der Waals surface area contributed by atoms with Crippen LogP contribution in [0.3, 0.4) is 0 Å². The first-order valence-electron chi connectivity index (χ1n) is 6.13. The second-order valence-electron chi connectivity index (χ2n) is 4.39. The van der Waals surface area contributed by atoms with Crippen LogP contribution < -0.4 is 10.6 Å². The van der Waals surface area contributed by atoms with Crippen LogP contribution in [0, 0.1) is 11.6 Å². The van der Waals surface area contributed by atoms with E-state index in [-0.39, 0.29) is 18.2 Å². The zero-order chi connectivity index (χ0) is 15.1. The molecule has 2 amide bonds. The normalized spacial score (nSPS) is 11.8. The largest absolute Gasteiger partial charge is 0.481 e. The van der Waals surface area contributed by atoms with Crippen molar-refractivity contribution in [1.82, 2.24) is 5.32 Å². The van der Waals surface area contributed by atoms with Crippen molar-refractivity contribution in [3.8, 4) is 0 Å². The number of amides is 2. The van der Waals surface area contributed by atoms with Crippen molar-refractivity contribution in [2.75, 3.05) is 5.32 Å². The van der Waals surface area contributed by atoms with E-state index in [9.17, 15) is 18.4 Å². The third kappa shape index (κ3) is 5.21. The van der Waals surface area contributed by atoms with Crippen LogP contribution in [-0.2, 0) is 4.79 Å². The average molecular weight is 286 g/mol. The van der Waals surface area contributed by atoms with E-state index in [1.165, 1.54) is 12.1 Å². The summed E-state index contributed by atoms with van der Waals surface area (Å²) in [6.07, 6.45) is 0.919. The Balaban J connectivity index is 2.43. The second kappa shape index (κ2) is 7.42. The predicted octanol–water partition coefficient (Wildman–Crippen LogP) is 2.73. The zero-order valence-corrected chi connectivity index (χ0v) is 11.0. The van der Waals surface area contributed by atoms with Crippen molar-refractivity contribution in [3.63, 3.8) is 0 Å². The fourth-order valence-corrected chi connectivity index (χ4v) is 1.61. The first kappa shape index (κ1) is 15.9. The maximum absolute atomic E-state index is 13.3. The number of carboxylic acids is 1. The molecule has 1 rings (SSSR count). The number of anilines is 1. The molecule has 1 atom stereocenters. The van der Waals surface area contributed by atoms with Crippen molar-refractivity contribution < 1.29 is 23.5 Å². The molecule has 1 aromatic carbocycles. The molecule has 0 spiro atoms. The minimum absolute atomic E-state index is 0.0200. The van der Waals surface area contributed by atoms with E-state index >= 15 is 0 Å². The highest BCUT2D eigenvalue weighted by atomic mass is 19.2. The Kier molecular flexibility index (Phi) is 5.89. The summed E-state index contributed by atoms with van der Waals surface area (Å²) in [5.41, 5.74) is -0.250. The van der Waals surface area contributed by atoms with Gasteiger partial charge in [0.05, 0.1) is 5.69 Å². The summed E-state index contributed by atoms with van der Waals surface area (Å²) in [6.45, 7) is 1.70. The molecule has 0 aliphatic rings. The first-order valence-corrected chi connectivity index (χ1v) is 6.13. The summed E-state index contributed by atoms with van der Waals surface area (Å²) in [5.74, 6) is -3.07. The molecule has 0 fully saturated rings. The van der Waals surface area contributed by atoms with E-state index < -0.39 is 23.6 Å². The molecule has 0 radical (unpaired) electrons. The highest BCUT2D eigenvalue weighted by Crippen LogP contribution is 2.16. The van der Waals surface area contributed by atoms with Crippen molar-refractivity contribution in [2.45, 2.75) is 32.2 Å². The van der Waals surface area contributed by atoms with Gasteiger partial charge >= 0.3 is 12.0 Å². The van der Waals surface area contributed by atoms with E-state index in [2.05, 4.69) is 10.6 Å². The topological polar surface area (TPSA) is 78.4 Å². The molecule has 110 valence electrons. The third-order valence-electron chi connectivity index (χ3n) is 2.61. The van der Waals surface area contributed by atoms with Gasteiger partial charge in [-0.2, -0.15) is 0 Å². The Morgan fingerprint density at radius 3 is 2.70 bits per heavy atom. The lowest BCUT2D eigenvalue weighted by molar-refractivity contribution is -0.137. The molecule has 0 heterocycles. The lowest BCUT2D eigenvalue weighted by atomic mass is 10.1.